The molecule has 0 atom stereocenters. The summed E-state index contributed by atoms with van der Waals surface area (Å²) in [7, 11) is 0. The van der Waals surface area contributed by atoms with Crippen molar-refractivity contribution < 1.29 is 4.79 Å². The van der Waals surface area contributed by atoms with Gasteiger partial charge in [-0.15, -0.1) is 0 Å². The van der Waals surface area contributed by atoms with Crippen molar-refractivity contribution >= 4 is 27.5 Å². The van der Waals surface area contributed by atoms with Crippen LogP contribution in [0, 0.1) is 6.92 Å². The van der Waals surface area contributed by atoms with Crippen LogP contribution in [0.15, 0.2) is 46.9 Å². The van der Waals surface area contributed by atoms with Crippen molar-refractivity contribution in [2.45, 2.75) is 20.4 Å². The molecule has 21 heavy (non-hydrogen) atoms. The minimum atomic E-state index is -0.101. The van der Waals surface area contributed by atoms with Gasteiger partial charge in [-0.3, -0.25) is 4.79 Å². The van der Waals surface area contributed by atoms with E-state index in [1.807, 2.05) is 49.4 Å². The fourth-order valence-corrected chi connectivity index (χ4v) is 2.34. The zero-order chi connectivity index (χ0) is 15.2. The molecule has 2 rings (SSSR count). The van der Waals surface area contributed by atoms with Gasteiger partial charge >= 0.3 is 0 Å². The second-order valence-electron chi connectivity index (χ2n) is 4.90. The molecule has 0 aliphatic carbocycles. The molecule has 2 N–H and O–H groups in total. The van der Waals surface area contributed by atoms with E-state index >= 15 is 0 Å². The zero-order valence-corrected chi connectivity index (χ0v) is 13.8. The lowest BCUT2D eigenvalue weighted by atomic mass is 10.1. The summed E-state index contributed by atoms with van der Waals surface area (Å²) in [5.41, 5.74) is 3.72. The van der Waals surface area contributed by atoms with Crippen molar-refractivity contribution in [3.8, 4) is 0 Å². The summed E-state index contributed by atoms with van der Waals surface area (Å²) in [4.78, 5) is 12.3. The topological polar surface area (TPSA) is 41.1 Å². The Morgan fingerprint density at radius 1 is 1.19 bits per heavy atom. The van der Waals surface area contributed by atoms with Crippen LogP contribution in [-0.4, -0.2) is 12.5 Å². The fourth-order valence-electron chi connectivity index (χ4n) is 1.97. The SMILES string of the molecule is CCNCc1cccc(NC(=O)c2ccc(C)c(Br)c2)c1. The summed E-state index contributed by atoms with van der Waals surface area (Å²) in [5, 5.41) is 6.21. The van der Waals surface area contributed by atoms with Gasteiger partial charge in [0, 0.05) is 22.3 Å². The smallest absolute Gasteiger partial charge is 0.255 e. The lowest BCUT2D eigenvalue weighted by Gasteiger charge is -2.09. The third kappa shape index (κ3) is 4.41. The maximum atomic E-state index is 12.3. The van der Waals surface area contributed by atoms with Crippen LogP contribution in [-0.2, 0) is 6.54 Å². The highest BCUT2D eigenvalue weighted by Gasteiger charge is 2.08. The first-order valence-electron chi connectivity index (χ1n) is 6.97. The number of halogens is 1. The van der Waals surface area contributed by atoms with E-state index in [0.29, 0.717) is 5.56 Å². The summed E-state index contributed by atoms with van der Waals surface area (Å²) in [6.45, 7) is 5.79. The molecule has 0 fully saturated rings. The minimum absolute atomic E-state index is 0.101. The van der Waals surface area contributed by atoms with E-state index in [0.717, 1.165) is 34.4 Å². The molecule has 0 heterocycles. The number of amides is 1. The van der Waals surface area contributed by atoms with Crippen LogP contribution < -0.4 is 10.6 Å². The van der Waals surface area contributed by atoms with Gasteiger partial charge in [0.25, 0.3) is 5.91 Å². The largest absolute Gasteiger partial charge is 0.322 e. The summed E-state index contributed by atoms with van der Waals surface area (Å²) in [6.07, 6.45) is 0. The fraction of sp³-hybridized carbons (Fsp3) is 0.235. The molecule has 2 aromatic rings. The minimum Gasteiger partial charge on any atom is -0.322 e. The van der Waals surface area contributed by atoms with Gasteiger partial charge in [0.05, 0.1) is 0 Å². The molecule has 0 bridgehead atoms. The number of carbonyl (C=O) groups excluding carboxylic acids is 1. The van der Waals surface area contributed by atoms with Crippen LogP contribution >= 0.6 is 15.9 Å². The lowest BCUT2D eigenvalue weighted by molar-refractivity contribution is 0.102. The van der Waals surface area contributed by atoms with Gasteiger partial charge in [-0.2, -0.15) is 0 Å². The van der Waals surface area contributed by atoms with E-state index in [2.05, 4.69) is 33.5 Å². The summed E-state index contributed by atoms with van der Waals surface area (Å²) >= 11 is 3.45. The van der Waals surface area contributed by atoms with E-state index in [9.17, 15) is 4.79 Å². The standard InChI is InChI=1S/C17H19BrN2O/c1-3-19-11-13-5-4-6-15(9-13)20-17(21)14-8-7-12(2)16(18)10-14/h4-10,19H,3,11H2,1-2H3,(H,20,21). The van der Waals surface area contributed by atoms with Gasteiger partial charge in [-0.05, 0) is 48.9 Å². The quantitative estimate of drug-likeness (QED) is 0.854. The normalized spacial score (nSPS) is 10.4. The summed E-state index contributed by atoms with van der Waals surface area (Å²) in [5.74, 6) is -0.101. The van der Waals surface area contributed by atoms with Gasteiger partial charge in [-0.1, -0.05) is 41.1 Å². The predicted octanol–water partition coefficient (Wildman–Crippen LogP) is 4.12. The molecule has 110 valence electrons. The number of rotatable bonds is 5. The Bertz CT molecular complexity index is 640. The molecule has 3 nitrogen and oxygen atoms in total. The number of anilines is 1. The Morgan fingerprint density at radius 2 is 2.00 bits per heavy atom. The maximum absolute atomic E-state index is 12.3. The van der Waals surface area contributed by atoms with E-state index < -0.39 is 0 Å². The first-order chi connectivity index (χ1) is 10.1. The number of benzene rings is 2. The van der Waals surface area contributed by atoms with Crippen LogP contribution in [0.25, 0.3) is 0 Å². The highest BCUT2D eigenvalue weighted by atomic mass is 79.9. The van der Waals surface area contributed by atoms with Crippen molar-refractivity contribution in [3.05, 3.63) is 63.6 Å². The van der Waals surface area contributed by atoms with Gasteiger partial charge in [0.2, 0.25) is 0 Å². The third-order valence-corrected chi connectivity index (χ3v) is 4.05. The average molecular weight is 347 g/mol. The first kappa shape index (κ1) is 15.7. The van der Waals surface area contributed by atoms with Crippen molar-refractivity contribution in [2.75, 3.05) is 11.9 Å². The Balaban J connectivity index is 2.10. The van der Waals surface area contributed by atoms with Gasteiger partial charge in [0.1, 0.15) is 0 Å². The monoisotopic (exact) mass is 346 g/mol. The molecule has 0 aliphatic heterocycles. The second-order valence-corrected chi connectivity index (χ2v) is 5.75. The Kier molecular flexibility index (Phi) is 5.53. The summed E-state index contributed by atoms with van der Waals surface area (Å²) in [6, 6.07) is 13.5. The molecule has 4 heteroatoms. The number of aryl methyl sites for hydroxylation is 1. The number of hydrogen-bond acceptors (Lipinski definition) is 2. The van der Waals surface area contributed by atoms with Crippen molar-refractivity contribution in [1.82, 2.24) is 5.32 Å². The first-order valence-corrected chi connectivity index (χ1v) is 7.76. The molecule has 2 aromatic carbocycles. The Labute approximate surface area is 133 Å². The molecular weight excluding hydrogens is 328 g/mol. The lowest BCUT2D eigenvalue weighted by Crippen LogP contribution is -2.14. The molecule has 0 saturated carbocycles. The van der Waals surface area contributed by atoms with Crippen LogP contribution in [0.5, 0.6) is 0 Å². The van der Waals surface area contributed by atoms with E-state index in [-0.39, 0.29) is 5.91 Å². The highest BCUT2D eigenvalue weighted by molar-refractivity contribution is 9.10. The predicted molar refractivity (Wildman–Crippen MR) is 90.7 cm³/mol. The van der Waals surface area contributed by atoms with Crippen molar-refractivity contribution in [3.63, 3.8) is 0 Å². The molecule has 0 unspecified atom stereocenters. The van der Waals surface area contributed by atoms with Crippen LogP contribution in [0.1, 0.15) is 28.4 Å². The van der Waals surface area contributed by atoms with Gasteiger partial charge in [-0.25, -0.2) is 0 Å². The average Bonchev–Trinajstić information content (AvgIpc) is 2.48. The van der Waals surface area contributed by atoms with Crippen LogP contribution in [0.4, 0.5) is 5.69 Å². The van der Waals surface area contributed by atoms with Crippen molar-refractivity contribution in [2.24, 2.45) is 0 Å². The molecule has 1 amide bonds. The third-order valence-electron chi connectivity index (χ3n) is 3.20. The number of nitrogens with one attached hydrogen (secondary N) is 2. The Hall–Kier alpha value is -1.65. The molecular formula is C17H19BrN2O. The van der Waals surface area contributed by atoms with Crippen molar-refractivity contribution in [1.29, 1.82) is 0 Å². The van der Waals surface area contributed by atoms with E-state index in [1.54, 1.807) is 0 Å². The summed E-state index contributed by atoms with van der Waals surface area (Å²) < 4.78 is 0.941. The highest BCUT2D eigenvalue weighted by Crippen LogP contribution is 2.19. The molecule has 0 spiro atoms. The molecule has 0 aliphatic rings. The number of carbonyl (C=O) groups is 1. The van der Waals surface area contributed by atoms with Gasteiger partial charge in [0.15, 0.2) is 0 Å². The van der Waals surface area contributed by atoms with Crippen LogP contribution in [0.3, 0.4) is 0 Å². The van der Waals surface area contributed by atoms with E-state index in [1.165, 1.54) is 0 Å². The molecule has 0 radical (unpaired) electrons. The zero-order valence-electron chi connectivity index (χ0n) is 12.2. The van der Waals surface area contributed by atoms with Gasteiger partial charge < -0.3 is 10.6 Å². The molecule has 0 aromatic heterocycles. The Morgan fingerprint density at radius 3 is 2.71 bits per heavy atom. The molecule has 0 saturated heterocycles. The number of hydrogen-bond donors (Lipinski definition) is 2. The van der Waals surface area contributed by atoms with Crippen LogP contribution in [0.2, 0.25) is 0 Å². The van der Waals surface area contributed by atoms with E-state index in [4.69, 9.17) is 0 Å². The maximum Gasteiger partial charge on any atom is 0.255 e. The second kappa shape index (κ2) is 7.38.